The summed E-state index contributed by atoms with van der Waals surface area (Å²) in [5, 5.41) is 0. The highest BCUT2D eigenvalue weighted by Gasteiger charge is 2.46. The van der Waals surface area contributed by atoms with Crippen LogP contribution in [0.1, 0.15) is 65.7 Å². The lowest BCUT2D eigenvalue weighted by molar-refractivity contribution is -0.0314. The van der Waals surface area contributed by atoms with Crippen LogP contribution in [0.4, 0.5) is 0 Å². The Kier molecular flexibility index (Phi) is 2.20. The standard InChI is InChI=1S/C13H24/c1-12(2)8-6-10-13(3)9-5-4-7-11(12)13/h11H,4-10H2,1-3H3/t11?,13-/m0/s1. The topological polar surface area (TPSA) is 0 Å². The highest BCUT2D eigenvalue weighted by atomic mass is 14.5. The molecular formula is C13H24. The predicted octanol–water partition coefficient (Wildman–Crippen LogP) is 4.39. The van der Waals surface area contributed by atoms with Gasteiger partial charge in [0.1, 0.15) is 0 Å². The van der Waals surface area contributed by atoms with Gasteiger partial charge < -0.3 is 0 Å². The van der Waals surface area contributed by atoms with Crippen molar-refractivity contribution in [2.24, 2.45) is 16.7 Å². The Morgan fingerprint density at radius 2 is 1.54 bits per heavy atom. The highest BCUT2D eigenvalue weighted by molar-refractivity contribution is 4.97. The molecule has 0 aromatic heterocycles. The first-order chi connectivity index (χ1) is 6.05. The van der Waals surface area contributed by atoms with E-state index in [0.717, 1.165) is 5.92 Å². The van der Waals surface area contributed by atoms with Crippen molar-refractivity contribution in [1.82, 2.24) is 0 Å². The van der Waals surface area contributed by atoms with Crippen LogP contribution in [0, 0.1) is 16.7 Å². The van der Waals surface area contributed by atoms with E-state index >= 15 is 0 Å². The second-order valence-electron chi connectivity index (χ2n) is 6.29. The molecule has 2 atom stereocenters. The second kappa shape index (κ2) is 3.00. The molecule has 0 radical (unpaired) electrons. The third-order valence-corrected chi connectivity index (χ3v) is 4.84. The largest absolute Gasteiger partial charge is 0.0596 e. The normalized spacial score (nSPS) is 44.1. The van der Waals surface area contributed by atoms with Crippen LogP contribution >= 0.6 is 0 Å². The molecule has 2 fully saturated rings. The Morgan fingerprint density at radius 3 is 2.23 bits per heavy atom. The van der Waals surface area contributed by atoms with Crippen LogP contribution in [-0.2, 0) is 0 Å². The quantitative estimate of drug-likeness (QED) is 0.518. The van der Waals surface area contributed by atoms with E-state index in [9.17, 15) is 0 Å². The lowest BCUT2D eigenvalue weighted by Gasteiger charge is -2.53. The van der Waals surface area contributed by atoms with Gasteiger partial charge in [0.05, 0.1) is 0 Å². The van der Waals surface area contributed by atoms with Gasteiger partial charge >= 0.3 is 0 Å². The zero-order valence-electron chi connectivity index (χ0n) is 9.53. The summed E-state index contributed by atoms with van der Waals surface area (Å²) >= 11 is 0. The van der Waals surface area contributed by atoms with Crippen LogP contribution in [0.15, 0.2) is 0 Å². The van der Waals surface area contributed by atoms with Crippen molar-refractivity contribution in [2.45, 2.75) is 65.7 Å². The third kappa shape index (κ3) is 1.53. The molecule has 2 saturated carbocycles. The highest BCUT2D eigenvalue weighted by Crippen LogP contribution is 2.57. The average Bonchev–Trinajstić information content (AvgIpc) is 2.02. The van der Waals surface area contributed by atoms with E-state index < -0.39 is 0 Å². The van der Waals surface area contributed by atoms with Gasteiger partial charge in [-0.1, -0.05) is 40.0 Å². The summed E-state index contributed by atoms with van der Waals surface area (Å²) in [5.74, 6) is 1.02. The third-order valence-electron chi connectivity index (χ3n) is 4.84. The Hall–Kier alpha value is 0. The molecule has 76 valence electrons. The molecule has 0 aromatic carbocycles. The Bertz CT molecular complexity index is 188. The van der Waals surface area contributed by atoms with E-state index in [0.29, 0.717) is 10.8 Å². The molecule has 2 aliphatic carbocycles. The average molecular weight is 180 g/mol. The molecule has 0 amide bonds. The minimum atomic E-state index is 0.632. The molecule has 0 aromatic rings. The smallest absolute Gasteiger partial charge is 0.0292 e. The number of rotatable bonds is 0. The molecule has 0 N–H and O–H groups in total. The number of hydrogen-bond acceptors (Lipinski definition) is 0. The first-order valence-electron chi connectivity index (χ1n) is 6.05. The molecule has 0 nitrogen and oxygen atoms in total. The fourth-order valence-electron chi connectivity index (χ4n) is 4.16. The number of hydrogen-bond donors (Lipinski definition) is 0. The van der Waals surface area contributed by atoms with E-state index in [1.165, 1.54) is 44.9 Å². The van der Waals surface area contributed by atoms with Gasteiger partial charge in [-0.3, -0.25) is 0 Å². The molecule has 0 heteroatoms. The van der Waals surface area contributed by atoms with Crippen molar-refractivity contribution in [3.05, 3.63) is 0 Å². The van der Waals surface area contributed by atoms with Crippen molar-refractivity contribution in [2.75, 3.05) is 0 Å². The van der Waals surface area contributed by atoms with Crippen LogP contribution < -0.4 is 0 Å². The molecule has 0 spiro atoms. The predicted molar refractivity (Wildman–Crippen MR) is 57.7 cm³/mol. The molecule has 0 heterocycles. The SMILES string of the molecule is CC1(C)CCC[C@]2(C)CCCCC12. The van der Waals surface area contributed by atoms with Crippen LogP contribution in [0.25, 0.3) is 0 Å². The number of fused-ring (bicyclic) bond motifs is 1. The lowest BCUT2D eigenvalue weighted by Crippen LogP contribution is -2.43. The summed E-state index contributed by atoms with van der Waals surface area (Å²) in [6.07, 6.45) is 10.4. The molecule has 1 unspecified atom stereocenters. The molecule has 0 saturated heterocycles. The zero-order chi connectivity index (χ0) is 9.53. The Labute approximate surface area is 83.1 Å². The van der Waals surface area contributed by atoms with Crippen molar-refractivity contribution in [3.63, 3.8) is 0 Å². The molecule has 0 aliphatic heterocycles. The monoisotopic (exact) mass is 180 g/mol. The minimum Gasteiger partial charge on any atom is -0.0596 e. The maximum Gasteiger partial charge on any atom is -0.0292 e. The molecule has 0 bridgehead atoms. The van der Waals surface area contributed by atoms with Crippen molar-refractivity contribution < 1.29 is 0 Å². The van der Waals surface area contributed by atoms with Crippen LogP contribution in [-0.4, -0.2) is 0 Å². The van der Waals surface area contributed by atoms with E-state index in [1.807, 2.05) is 0 Å². The van der Waals surface area contributed by atoms with Gasteiger partial charge in [0, 0.05) is 0 Å². The Balaban J connectivity index is 2.21. The van der Waals surface area contributed by atoms with Gasteiger partial charge in [-0.25, -0.2) is 0 Å². The first kappa shape index (κ1) is 9.55. The van der Waals surface area contributed by atoms with E-state index in [-0.39, 0.29) is 0 Å². The van der Waals surface area contributed by atoms with Crippen molar-refractivity contribution >= 4 is 0 Å². The molecule has 2 rings (SSSR count). The fraction of sp³-hybridized carbons (Fsp3) is 1.00. The van der Waals surface area contributed by atoms with Crippen LogP contribution in [0.3, 0.4) is 0 Å². The van der Waals surface area contributed by atoms with Gasteiger partial charge in [0.2, 0.25) is 0 Å². The van der Waals surface area contributed by atoms with Crippen molar-refractivity contribution in [3.8, 4) is 0 Å². The summed E-state index contributed by atoms with van der Waals surface area (Å²) < 4.78 is 0. The summed E-state index contributed by atoms with van der Waals surface area (Å²) in [4.78, 5) is 0. The maximum atomic E-state index is 2.55. The summed E-state index contributed by atoms with van der Waals surface area (Å²) in [6, 6.07) is 0. The van der Waals surface area contributed by atoms with Gasteiger partial charge in [-0.05, 0) is 42.4 Å². The molecular weight excluding hydrogens is 156 g/mol. The van der Waals surface area contributed by atoms with Gasteiger partial charge in [0.25, 0.3) is 0 Å². The first-order valence-corrected chi connectivity index (χ1v) is 6.05. The van der Waals surface area contributed by atoms with E-state index in [1.54, 1.807) is 0 Å². The molecule has 2 aliphatic rings. The van der Waals surface area contributed by atoms with Crippen LogP contribution in [0.2, 0.25) is 0 Å². The van der Waals surface area contributed by atoms with Crippen molar-refractivity contribution in [1.29, 1.82) is 0 Å². The Morgan fingerprint density at radius 1 is 0.846 bits per heavy atom. The summed E-state index contributed by atoms with van der Waals surface area (Å²) in [7, 11) is 0. The second-order valence-corrected chi connectivity index (χ2v) is 6.29. The van der Waals surface area contributed by atoms with E-state index in [4.69, 9.17) is 0 Å². The van der Waals surface area contributed by atoms with Gasteiger partial charge in [-0.2, -0.15) is 0 Å². The minimum absolute atomic E-state index is 0.632. The molecule has 13 heavy (non-hydrogen) atoms. The zero-order valence-corrected chi connectivity index (χ0v) is 9.53. The van der Waals surface area contributed by atoms with Crippen LogP contribution in [0.5, 0.6) is 0 Å². The summed E-state index contributed by atoms with van der Waals surface area (Å²) in [6.45, 7) is 7.55. The maximum absolute atomic E-state index is 2.55. The lowest BCUT2D eigenvalue weighted by atomic mass is 9.52. The van der Waals surface area contributed by atoms with E-state index in [2.05, 4.69) is 20.8 Å². The van der Waals surface area contributed by atoms with Gasteiger partial charge in [0.15, 0.2) is 0 Å². The fourth-order valence-corrected chi connectivity index (χ4v) is 4.16. The summed E-state index contributed by atoms with van der Waals surface area (Å²) in [5.41, 5.74) is 1.34. The van der Waals surface area contributed by atoms with Gasteiger partial charge in [-0.15, -0.1) is 0 Å².